The molecule has 3 heterocycles. The third-order valence-corrected chi connectivity index (χ3v) is 7.23. The fourth-order valence-electron chi connectivity index (χ4n) is 5.13. The Morgan fingerprint density at radius 1 is 1.03 bits per heavy atom. The van der Waals surface area contributed by atoms with Gasteiger partial charge in [0.25, 0.3) is 5.91 Å². The lowest BCUT2D eigenvalue weighted by Gasteiger charge is -2.35. The number of nitrogens with two attached hydrogens (primary N) is 1. The molecule has 0 spiro atoms. The van der Waals surface area contributed by atoms with Crippen LogP contribution < -0.4 is 16.3 Å². The maximum Gasteiger partial charge on any atom is 0.418 e. The zero-order valence-corrected chi connectivity index (χ0v) is 20.1. The lowest BCUT2D eigenvalue weighted by molar-refractivity contribution is -0.136. The summed E-state index contributed by atoms with van der Waals surface area (Å²) >= 11 is 0. The number of hydrogen-bond donors (Lipinski definition) is 1. The highest BCUT2D eigenvalue weighted by Gasteiger charge is 2.34. The van der Waals surface area contributed by atoms with Crippen LogP contribution in [-0.4, -0.2) is 55.5 Å². The van der Waals surface area contributed by atoms with Crippen molar-refractivity contribution in [1.82, 2.24) is 9.80 Å². The van der Waals surface area contributed by atoms with Crippen molar-refractivity contribution in [3.05, 3.63) is 68.6 Å². The third kappa shape index (κ3) is 4.19. The Morgan fingerprint density at radius 2 is 1.75 bits per heavy atom. The van der Waals surface area contributed by atoms with Crippen LogP contribution in [0.3, 0.4) is 0 Å². The summed E-state index contributed by atoms with van der Waals surface area (Å²) in [7, 11) is 2.09. The van der Waals surface area contributed by atoms with Crippen molar-refractivity contribution >= 4 is 28.3 Å². The number of alkyl halides is 3. The molecule has 1 fully saturated rings. The minimum Gasteiger partial charge on any atom is -0.422 e. The molecular weight excluding hydrogens is 473 g/mol. The number of rotatable bonds is 2. The van der Waals surface area contributed by atoms with Crippen molar-refractivity contribution in [2.75, 3.05) is 50.4 Å². The standard InChI is InChI=1S/C26H27F3N4O3/c1-15-22(32-11-9-31(2)10-12-32)6-4-18-17-7-8-33(14-19(17)25(35)36-23(15)18)24(34)16-3-5-21(30)20(13-16)26(27,28)29/h3-6,13H,7-12,14,30H2,1-2H3. The van der Waals surface area contributed by atoms with Gasteiger partial charge < -0.3 is 24.9 Å². The molecule has 0 saturated carbocycles. The van der Waals surface area contributed by atoms with E-state index < -0.39 is 29.0 Å². The highest BCUT2D eigenvalue weighted by molar-refractivity contribution is 5.95. The van der Waals surface area contributed by atoms with Crippen LogP contribution in [0.15, 0.2) is 39.5 Å². The second-order valence-corrected chi connectivity index (χ2v) is 9.50. The third-order valence-electron chi connectivity index (χ3n) is 7.23. The molecule has 2 N–H and O–H groups in total. The predicted octanol–water partition coefficient (Wildman–Crippen LogP) is 3.65. The number of carbonyl (C=O) groups excluding carboxylic acids is 1. The molecule has 190 valence electrons. The number of fused-ring (bicyclic) bond motifs is 3. The topological polar surface area (TPSA) is 83.0 Å². The second kappa shape index (κ2) is 8.85. The van der Waals surface area contributed by atoms with Crippen LogP contribution in [-0.2, 0) is 19.1 Å². The maximum absolute atomic E-state index is 13.3. The van der Waals surface area contributed by atoms with Crippen molar-refractivity contribution in [2.24, 2.45) is 0 Å². The molecule has 2 aromatic carbocycles. The molecule has 3 aromatic rings. The van der Waals surface area contributed by atoms with E-state index in [-0.39, 0.29) is 18.7 Å². The van der Waals surface area contributed by atoms with Gasteiger partial charge >= 0.3 is 11.8 Å². The smallest absolute Gasteiger partial charge is 0.418 e. The van der Waals surface area contributed by atoms with Gasteiger partial charge in [0, 0.05) is 60.6 Å². The SMILES string of the molecule is Cc1c(N2CCN(C)CC2)ccc2c3c(c(=O)oc12)CN(C(=O)c1ccc(N)c(C(F)(F)F)c1)CC3. The van der Waals surface area contributed by atoms with Gasteiger partial charge in [0.2, 0.25) is 0 Å². The number of likely N-dealkylation sites (N-methyl/N-ethyl adjacent to an activating group) is 1. The zero-order valence-electron chi connectivity index (χ0n) is 20.1. The van der Waals surface area contributed by atoms with Gasteiger partial charge in [-0.1, -0.05) is 0 Å². The van der Waals surface area contributed by atoms with E-state index in [1.807, 2.05) is 19.1 Å². The van der Waals surface area contributed by atoms with Crippen LogP contribution in [0.2, 0.25) is 0 Å². The van der Waals surface area contributed by atoms with Gasteiger partial charge in [-0.2, -0.15) is 13.2 Å². The fourth-order valence-corrected chi connectivity index (χ4v) is 5.13. The number of anilines is 2. The molecule has 0 atom stereocenters. The summed E-state index contributed by atoms with van der Waals surface area (Å²) in [4.78, 5) is 32.0. The van der Waals surface area contributed by atoms with Crippen LogP contribution in [0.1, 0.15) is 32.6 Å². The number of aryl methyl sites for hydroxylation is 1. The summed E-state index contributed by atoms with van der Waals surface area (Å²) in [5.74, 6) is -0.591. The van der Waals surface area contributed by atoms with E-state index in [2.05, 4.69) is 16.8 Å². The van der Waals surface area contributed by atoms with E-state index in [9.17, 15) is 22.8 Å². The van der Waals surface area contributed by atoms with Crippen LogP contribution in [0, 0.1) is 6.92 Å². The van der Waals surface area contributed by atoms with Gasteiger partial charge in [0.05, 0.1) is 17.7 Å². The normalized spacial score (nSPS) is 16.9. The van der Waals surface area contributed by atoms with Gasteiger partial charge in [-0.25, -0.2) is 4.79 Å². The summed E-state index contributed by atoms with van der Waals surface area (Å²) in [6.45, 7) is 5.87. The number of hydrogen-bond acceptors (Lipinski definition) is 6. The molecule has 1 aromatic heterocycles. The highest BCUT2D eigenvalue weighted by Crippen LogP contribution is 2.35. The molecule has 2 aliphatic rings. The van der Waals surface area contributed by atoms with Crippen LogP contribution >= 0.6 is 0 Å². The van der Waals surface area contributed by atoms with Crippen LogP contribution in [0.5, 0.6) is 0 Å². The molecule has 0 aliphatic carbocycles. The summed E-state index contributed by atoms with van der Waals surface area (Å²) in [6.07, 6.45) is -4.27. The van der Waals surface area contributed by atoms with E-state index in [1.165, 1.54) is 11.0 Å². The van der Waals surface area contributed by atoms with Crippen LogP contribution in [0.25, 0.3) is 11.0 Å². The first-order chi connectivity index (χ1) is 17.0. The molecule has 7 nitrogen and oxygen atoms in total. The fraction of sp³-hybridized carbons (Fsp3) is 0.385. The Kier molecular flexibility index (Phi) is 5.94. The van der Waals surface area contributed by atoms with Gasteiger partial charge in [0.15, 0.2) is 0 Å². The first-order valence-electron chi connectivity index (χ1n) is 11.8. The van der Waals surface area contributed by atoms with Crippen molar-refractivity contribution in [1.29, 1.82) is 0 Å². The molecule has 2 aliphatic heterocycles. The van der Waals surface area contributed by atoms with E-state index in [4.69, 9.17) is 10.2 Å². The molecule has 10 heteroatoms. The van der Waals surface area contributed by atoms with E-state index in [0.29, 0.717) is 17.6 Å². The average Bonchev–Trinajstić information content (AvgIpc) is 2.84. The molecule has 0 unspecified atom stereocenters. The van der Waals surface area contributed by atoms with Gasteiger partial charge in [-0.3, -0.25) is 4.79 Å². The lowest BCUT2D eigenvalue weighted by atomic mass is 9.95. The van der Waals surface area contributed by atoms with E-state index in [0.717, 1.165) is 60.5 Å². The largest absolute Gasteiger partial charge is 0.422 e. The molecule has 5 rings (SSSR count). The molecule has 0 radical (unpaired) electrons. The number of amides is 1. The van der Waals surface area contributed by atoms with Crippen molar-refractivity contribution in [3.8, 4) is 0 Å². The van der Waals surface area contributed by atoms with Gasteiger partial charge in [-0.15, -0.1) is 0 Å². The summed E-state index contributed by atoms with van der Waals surface area (Å²) in [6, 6.07) is 7.13. The Morgan fingerprint density at radius 3 is 2.44 bits per heavy atom. The minimum absolute atomic E-state index is 0.0303. The maximum atomic E-state index is 13.3. The van der Waals surface area contributed by atoms with Gasteiger partial charge in [0.1, 0.15) is 5.58 Å². The van der Waals surface area contributed by atoms with Crippen molar-refractivity contribution in [2.45, 2.75) is 26.1 Å². The zero-order chi connectivity index (χ0) is 25.8. The number of carbonyl (C=O) groups is 1. The summed E-state index contributed by atoms with van der Waals surface area (Å²) in [5.41, 5.74) is 6.98. The van der Waals surface area contributed by atoms with Crippen molar-refractivity contribution in [3.63, 3.8) is 0 Å². The quantitative estimate of drug-likeness (QED) is 0.427. The predicted molar refractivity (Wildman–Crippen MR) is 131 cm³/mol. The molecular formula is C26H27F3N4O3. The monoisotopic (exact) mass is 500 g/mol. The first kappa shape index (κ1) is 24.2. The minimum atomic E-state index is -4.67. The van der Waals surface area contributed by atoms with Crippen molar-refractivity contribution < 1.29 is 22.4 Å². The number of halogens is 3. The van der Waals surface area contributed by atoms with E-state index in [1.54, 1.807) is 0 Å². The lowest BCUT2D eigenvalue weighted by Crippen LogP contribution is -2.44. The Hall–Kier alpha value is -3.53. The van der Waals surface area contributed by atoms with Crippen LogP contribution in [0.4, 0.5) is 24.5 Å². The van der Waals surface area contributed by atoms with Gasteiger partial charge in [-0.05, 0) is 56.3 Å². The number of nitrogen functional groups attached to an aromatic ring is 1. The summed E-state index contributed by atoms with van der Waals surface area (Å²) < 4.78 is 45.6. The second-order valence-electron chi connectivity index (χ2n) is 9.50. The highest BCUT2D eigenvalue weighted by atomic mass is 19.4. The Labute approximate surface area is 205 Å². The molecule has 1 amide bonds. The number of benzene rings is 2. The number of piperazine rings is 1. The molecule has 36 heavy (non-hydrogen) atoms. The Balaban J connectivity index is 1.46. The first-order valence-corrected chi connectivity index (χ1v) is 11.8. The van der Waals surface area contributed by atoms with E-state index >= 15 is 0 Å². The molecule has 1 saturated heterocycles. The average molecular weight is 501 g/mol. The Bertz CT molecular complexity index is 1410. The summed E-state index contributed by atoms with van der Waals surface area (Å²) in [5, 5.41) is 0.832. The molecule has 0 bridgehead atoms. The number of nitrogens with zero attached hydrogens (tertiary/aromatic N) is 3.